The number of nitrogens with zero attached hydrogens (tertiary/aromatic N) is 3. The average Bonchev–Trinajstić information content (AvgIpc) is 2.74. The van der Waals surface area contributed by atoms with Gasteiger partial charge in [-0.05, 0) is 50.8 Å². The van der Waals surface area contributed by atoms with Crippen molar-refractivity contribution in [2.75, 3.05) is 65.0 Å². The zero-order valence-electron chi connectivity index (χ0n) is 18.2. The lowest BCUT2D eigenvalue weighted by Gasteiger charge is -2.34. The molecule has 1 fully saturated rings. The van der Waals surface area contributed by atoms with E-state index in [1.165, 1.54) is 6.07 Å². The van der Waals surface area contributed by atoms with Gasteiger partial charge < -0.3 is 24.6 Å². The Bertz CT molecular complexity index is 606. The van der Waals surface area contributed by atoms with E-state index in [9.17, 15) is 4.39 Å². The maximum atomic E-state index is 13.4. The van der Waals surface area contributed by atoms with E-state index < -0.39 is 0 Å². The minimum Gasteiger partial charge on any atom is -0.385 e. The van der Waals surface area contributed by atoms with Crippen LogP contribution in [0.3, 0.4) is 0 Å². The van der Waals surface area contributed by atoms with Gasteiger partial charge in [0.1, 0.15) is 5.82 Å². The van der Waals surface area contributed by atoms with Gasteiger partial charge in [0.15, 0.2) is 5.96 Å². The third-order valence-corrected chi connectivity index (χ3v) is 5.08. The second-order valence-corrected chi connectivity index (χ2v) is 7.39. The van der Waals surface area contributed by atoms with E-state index in [0.717, 1.165) is 83.3 Å². The van der Waals surface area contributed by atoms with Crippen LogP contribution in [0.2, 0.25) is 0 Å². The molecule has 164 valence electrons. The average molecular weight is 409 g/mol. The Hall–Kier alpha value is -1.86. The molecule has 0 bridgehead atoms. The van der Waals surface area contributed by atoms with Crippen LogP contribution in [0.1, 0.15) is 32.6 Å². The van der Waals surface area contributed by atoms with Gasteiger partial charge in [-0.15, -0.1) is 0 Å². The summed E-state index contributed by atoms with van der Waals surface area (Å²) in [6.45, 7) is 7.98. The van der Waals surface area contributed by atoms with Gasteiger partial charge >= 0.3 is 0 Å². The Balaban J connectivity index is 1.73. The minimum absolute atomic E-state index is 0.201. The van der Waals surface area contributed by atoms with Gasteiger partial charge in [-0.2, -0.15) is 0 Å². The number of piperidine rings is 1. The summed E-state index contributed by atoms with van der Waals surface area (Å²) in [5.41, 5.74) is 0.897. The number of methoxy groups -OCH3 is 1. The molecule has 2 rings (SSSR count). The van der Waals surface area contributed by atoms with E-state index in [-0.39, 0.29) is 5.82 Å². The van der Waals surface area contributed by atoms with Gasteiger partial charge in [-0.1, -0.05) is 6.07 Å². The molecule has 7 heteroatoms. The molecular weight excluding hydrogens is 371 g/mol. The maximum Gasteiger partial charge on any atom is 0.193 e. The number of hydrogen-bond acceptors (Lipinski definition) is 4. The van der Waals surface area contributed by atoms with Crippen molar-refractivity contribution in [3.63, 3.8) is 0 Å². The molecule has 29 heavy (non-hydrogen) atoms. The summed E-state index contributed by atoms with van der Waals surface area (Å²) in [5.74, 6) is 0.784. The lowest BCUT2D eigenvalue weighted by Crippen LogP contribution is -2.47. The van der Waals surface area contributed by atoms with Crippen LogP contribution in [0.5, 0.6) is 0 Å². The molecule has 0 unspecified atom stereocenters. The van der Waals surface area contributed by atoms with Crippen LogP contribution in [0.4, 0.5) is 10.1 Å². The van der Waals surface area contributed by atoms with Crippen molar-refractivity contribution in [1.82, 2.24) is 10.2 Å². The monoisotopic (exact) mass is 408 g/mol. The fraction of sp³-hybridized carbons (Fsp3) is 0.682. The number of rotatable bonds is 11. The summed E-state index contributed by atoms with van der Waals surface area (Å²) < 4.78 is 24.4. The van der Waals surface area contributed by atoms with E-state index in [2.05, 4.69) is 22.0 Å². The van der Waals surface area contributed by atoms with Crippen molar-refractivity contribution in [1.29, 1.82) is 0 Å². The Morgan fingerprint density at radius 1 is 1.28 bits per heavy atom. The summed E-state index contributed by atoms with van der Waals surface area (Å²) in [7, 11) is 3.71. The van der Waals surface area contributed by atoms with Crippen LogP contribution < -0.4 is 10.2 Å². The van der Waals surface area contributed by atoms with Crippen molar-refractivity contribution in [3.05, 3.63) is 30.1 Å². The molecule has 0 aromatic heterocycles. The quantitative estimate of drug-likeness (QED) is 0.346. The molecule has 0 aliphatic carbocycles. The van der Waals surface area contributed by atoms with E-state index >= 15 is 0 Å². The third-order valence-electron chi connectivity index (χ3n) is 5.08. The van der Waals surface area contributed by atoms with Gasteiger partial charge in [-0.25, -0.2) is 4.39 Å². The summed E-state index contributed by atoms with van der Waals surface area (Å²) in [6.07, 6.45) is 4.26. The molecular formula is C22H37FN4O2. The van der Waals surface area contributed by atoms with Crippen molar-refractivity contribution < 1.29 is 13.9 Å². The number of hydrogen-bond donors (Lipinski definition) is 1. The molecule has 1 N–H and O–H groups in total. The lowest BCUT2D eigenvalue weighted by molar-refractivity contribution is 0.00990. The lowest BCUT2D eigenvalue weighted by atomic mass is 10.1. The van der Waals surface area contributed by atoms with E-state index in [0.29, 0.717) is 6.10 Å². The number of nitrogens with one attached hydrogen (secondary N) is 1. The Morgan fingerprint density at radius 3 is 2.76 bits per heavy atom. The van der Waals surface area contributed by atoms with Gasteiger partial charge in [0.25, 0.3) is 0 Å². The SMILES string of the molecule is CCNC(=NCCCN(C)c1cccc(F)c1)N1CCC(OCCCOC)CC1. The van der Waals surface area contributed by atoms with Crippen LogP contribution in [0.25, 0.3) is 0 Å². The minimum atomic E-state index is -0.201. The van der Waals surface area contributed by atoms with Crippen LogP contribution in [0, 0.1) is 5.82 Å². The molecule has 1 aromatic carbocycles. The second-order valence-electron chi connectivity index (χ2n) is 7.39. The molecule has 0 amide bonds. The second kappa shape index (κ2) is 13.4. The van der Waals surface area contributed by atoms with Crippen molar-refractivity contribution in [3.8, 4) is 0 Å². The Morgan fingerprint density at radius 2 is 2.07 bits per heavy atom. The molecule has 1 aromatic rings. The van der Waals surface area contributed by atoms with Crippen molar-refractivity contribution in [2.45, 2.75) is 38.7 Å². The molecule has 6 nitrogen and oxygen atoms in total. The number of guanidine groups is 1. The van der Waals surface area contributed by atoms with Gasteiger partial charge in [0.2, 0.25) is 0 Å². The van der Waals surface area contributed by atoms with E-state index in [4.69, 9.17) is 14.5 Å². The summed E-state index contributed by atoms with van der Waals surface area (Å²) >= 11 is 0. The maximum absolute atomic E-state index is 13.4. The summed E-state index contributed by atoms with van der Waals surface area (Å²) in [5, 5.41) is 3.41. The van der Waals surface area contributed by atoms with Crippen LogP contribution in [-0.2, 0) is 9.47 Å². The van der Waals surface area contributed by atoms with Crippen molar-refractivity contribution in [2.24, 2.45) is 4.99 Å². The highest BCUT2D eigenvalue weighted by Gasteiger charge is 2.21. The topological polar surface area (TPSA) is 49.3 Å². The Kier molecular flexibility index (Phi) is 10.8. The number of anilines is 1. The largest absolute Gasteiger partial charge is 0.385 e. The highest BCUT2D eigenvalue weighted by Crippen LogP contribution is 2.15. The Labute approximate surface area is 175 Å². The molecule has 1 heterocycles. The molecule has 0 radical (unpaired) electrons. The standard InChI is InChI=1S/C22H37FN4O2/c1-4-24-22(27-14-10-21(11-15-27)29-17-7-16-28-3)25-12-6-13-26(2)20-9-5-8-19(23)18-20/h5,8-9,18,21H,4,6-7,10-17H2,1-3H3,(H,24,25). The highest BCUT2D eigenvalue weighted by atomic mass is 19.1. The first-order chi connectivity index (χ1) is 14.1. The molecule has 0 spiro atoms. The molecule has 1 aliphatic rings. The summed E-state index contributed by atoms with van der Waals surface area (Å²) in [6, 6.07) is 6.71. The number of aliphatic imine (C=N–C) groups is 1. The first-order valence-electron chi connectivity index (χ1n) is 10.7. The van der Waals surface area contributed by atoms with Gasteiger partial charge in [0, 0.05) is 65.8 Å². The number of benzene rings is 1. The number of likely N-dealkylation sites (tertiary alicyclic amines) is 1. The first kappa shape index (κ1) is 23.4. The van der Waals surface area contributed by atoms with Crippen LogP contribution in [0.15, 0.2) is 29.3 Å². The van der Waals surface area contributed by atoms with Crippen LogP contribution in [-0.4, -0.2) is 77.1 Å². The molecule has 0 atom stereocenters. The third kappa shape index (κ3) is 8.58. The number of ether oxygens (including phenoxy) is 2. The molecule has 0 saturated carbocycles. The predicted molar refractivity (Wildman–Crippen MR) is 117 cm³/mol. The molecule has 1 aliphatic heterocycles. The number of halogens is 1. The predicted octanol–water partition coefficient (Wildman–Crippen LogP) is 3.14. The van der Waals surface area contributed by atoms with Crippen molar-refractivity contribution >= 4 is 11.6 Å². The molecule has 1 saturated heterocycles. The normalized spacial score (nSPS) is 15.6. The van der Waals surface area contributed by atoms with E-state index in [1.807, 2.05) is 13.1 Å². The zero-order chi connectivity index (χ0) is 20.9. The fourth-order valence-corrected chi connectivity index (χ4v) is 3.45. The summed E-state index contributed by atoms with van der Waals surface area (Å²) in [4.78, 5) is 9.20. The zero-order valence-corrected chi connectivity index (χ0v) is 18.2. The fourth-order valence-electron chi connectivity index (χ4n) is 3.45. The smallest absolute Gasteiger partial charge is 0.193 e. The van der Waals surface area contributed by atoms with Gasteiger partial charge in [-0.3, -0.25) is 4.99 Å². The first-order valence-corrected chi connectivity index (χ1v) is 10.7. The van der Waals surface area contributed by atoms with Crippen LogP contribution >= 0.6 is 0 Å². The highest BCUT2D eigenvalue weighted by molar-refractivity contribution is 5.80. The van der Waals surface area contributed by atoms with Gasteiger partial charge in [0.05, 0.1) is 6.10 Å². The van der Waals surface area contributed by atoms with E-state index in [1.54, 1.807) is 19.2 Å².